The Kier molecular flexibility index (Phi) is 11.1. The van der Waals surface area contributed by atoms with Crippen molar-refractivity contribution in [3.63, 3.8) is 0 Å². The van der Waals surface area contributed by atoms with Crippen molar-refractivity contribution in [2.24, 2.45) is 0 Å². The van der Waals surface area contributed by atoms with E-state index in [1.165, 1.54) is 0 Å². The molecule has 0 amide bonds. The van der Waals surface area contributed by atoms with E-state index >= 15 is 0 Å². The Labute approximate surface area is 261 Å². The van der Waals surface area contributed by atoms with Crippen molar-refractivity contribution < 1.29 is 18.5 Å². The van der Waals surface area contributed by atoms with E-state index in [4.69, 9.17) is 13.7 Å². The number of rotatable bonds is 14. The predicted molar refractivity (Wildman–Crippen MR) is 175 cm³/mol. The van der Waals surface area contributed by atoms with Gasteiger partial charge >= 0.3 is 5.97 Å². The summed E-state index contributed by atoms with van der Waals surface area (Å²) in [6, 6.07) is 32.7. The molecule has 0 saturated heterocycles. The maximum Gasteiger partial charge on any atom is 0.360 e. The molecule has 0 aliphatic carbocycles. The monoisotopic (exact) mass is 607 g/mol. The van der Waals surface area contributed by atoms with Crippen molar-refractivity contribution in [2.45, 2.75) is 57.7 Å². The zero-order valence-electron chi connectivity index (χ0n) is 26.0. The largest absolute Gasteiger partial charge is 0.461 e. The maximum absolute atomic E-state index is 13.0. The third-order valence-electron chi connectivity index (χ3n) is 7.69. The summed E-state index contributed by atoms with van der Waals surface area (Å²) >= 11 is 0. The molecule has 4 rings (SSSR count). The van der Waals surface area contributed by atoms with Crippen LogP contribution >= 0.6 is 0 Å². The molecule has 1 N–H and O–H groups in total. The third kappa shape index (κ3) is 7.25. The van der Waals surface area contributed by atoms with E-state index in [9.17, 15) is 10.1 Å². The van der Waals surface area contributed by atoms with Crippen LogP contribution in [0.1, 0.15) is 61.2 Å². The van der Waals surface area contributed by atoms with Gasteiger partial charge in [0.05, 0.1) is 24.8 Å². The zero-order chi connectivity index (χ0) is 31.6. The summed E-state index contributed by atoms with van der Waals surface area (Å²) in [6.45, 7) is 12.8. The Balaban J connectivity index is 1.87. The zero-order valence-corrected chi connectivity index (χ0v) is 27.0. The van der Waals surface area contributed by atoms with Crippen LogP contribution in [0.4, 0.5) is 0 Å². The van der Waals surface area contributed by atoms with Crippen LogP contribution in [0.25, 0.3) is 0 Å². The molecule has 1 aromatic heterocycles. The Morgan fingerprint density at radius 2 is 1.57 bits per heavy atom. The van der Waals surface area contributed by atoms with Crippen molar-refractivity contribution in [1.82, 2.24) is 10.5 Å². The number of benzene rings is 3. The predicted octanol–water partition coefficient (Wildman–Crippen LogP) is 5.92. The van der Waals surface area contributed by atoms with Crippen molar-refractivity contribution >= 4 is 24.7 Å². The Hall–Kier alpha value is -4.29. The molecule has 0 fully saturated rings. The number of esters is 1. The standard InChI is InChI=1S/C36H41N3O4Si/c1-6-23-38-28(26-37)24-31-33(42-39-34(31)35(40)41-7-2)25-32(27-17-11-8-12-18-27)43-44(36(3,4)5,29-19-13-9-14-20-29)30-21-15-10-16-22-30/h6,8-22,28,32,38H,1,7,23-25H2,2-5H3/t28-,32-/m0/s1. The van der Waals surface area contributed by atoms with Gasteiger partial charge in [-0.1, -0.05) is 123 Å². The van der Waals surface area contributed by atoms with Gasteiger partial charge in [0.2, 0.25) is 0 Å². The van der Waals surface area contributed by atoms with E-state index in [-0.39, 0.29) is 23.8 Å². The molecule has 0 radical (unpaired) electrons. The molecule has 0 unspecified atom stereocenters. The normalized spacial score (nSPS) is 13.1. The first-order valence-corrected chi connectivity index (χ1v) is 16.9. The lowest BCUT2D eigenvalue weighted by atomic mass is 9.98. The average molecular weight is 608 g/mol. The molecule has 0 spiro atoms. The maximum atomic E-state index is 13.0. The van der Waals surface area contributed by atoms with Crippen LogP contribution in [0.15, 0.2) is 108 Å². The topological polar surface area (TPSA) is 97.4 Å². The second-order valence-electron chi connectivity index (χ2n) is 11.6. The highest BCUT2D eigenvalue weighted by Crippen LogP contribution is 2.41. The number of nitriles is 1. The van der Waals surface area contributed by atoms with Crippen molar-refractivity contribution in [3.05, 3.63) is 126 Å². The molecule has 0 saturated carbocycles. The summed E-state index contributed by atoms with van der Waals surface area (Å²) in [6.07, 6.45) is 1.74. The molecule has 8 heteroatoms. The van der Waals surface area contributed by atoms with E-state index in [0.29, 0.717) is 24.3 Å². The van der Waals surface area contributed by atoms with Gasteiger partial charge in [-0.2, -0.15) is 5.26 Å². The molecule has 228 valence electrons. The number of nitrogens with zero attached hydrogens (tertiary/aromatic N) is 2. The smallest absolute Gasteiger partial charge is 0.360 e. The number of carbonyl (C=O) groups is 1. The Morgan fingerprint density at radius 1 is 1.00 bits per heavy atom. The van der Waals surface area contributed by atoms with Gasteiger partial charge in [-0.05, 0) is 27.9 Å². The second-order valence-corrected chi connectivity index (χ2v) is 15.9. The van der Waals surface area contributed by atoms with Gasteiger partial charge in [0.25, 0.3) is 8.32 Å². The lowest BCUT2D eigenvalue weighted by molar-refractivity contribution is 0.0513. The van der Waals surface area contributed by atoms with E-state index in [2.05, 4.69) is 105 Å². The first-order valence-electron chi connectivity index (χ1n) is 15.0. The summed E-state index contributed by atoms with van der Waals surface area (Å²) in [5.74, 6) is -0.0948. The summed E-state index contributed by atoms with van der Waals surface area (Å²) in [7, 11) is -2.98. The van der Waals surface area contributed by atoms with E-state index < -0.39 is 26.4 Å². The van der Waals surface area contributed by atoms with E-state index in [1.807, 2.05) is 30.3 Å². The van der Waals surface area contributed by atoms with Crippen molar-refractivity contribution in [1.29, 1.82) is 5.26 Å². The number of hydrogen-bond acceptors (Lipinski definition) is 7. The highest BCUT2D eigenvalue weighted by Gasteiger charge is 2.51. The molecule has 2 atom stereocenters. The van der Waals surface area contributed by atoms with E-state index in [0.717, 1.165) is 15.9 Å². The molecule has 0 aliphatic rings. The Morgan fingerprint density at radius 3 is 2.07 bits per heavy atom. The lowest BCUT2D eigenvalue weighted by Gasteiger charge is -2.45. The highest BCUT2D eigenvalue weighted by atomic mass is 28.4. The average Bonchev–Trinajstić information content (AvgIpc) is 3.43. The summed E-state index contributed by atoms with van der Waals surface area (Å²) in [5, 5.41) is 19.3. The molecule has 0 aliphatic heterocycles. The van der Waals surface area contributed by atoms with Gasteiger partial charge in [-0.25, -0.2) is 4.79 Å². The fourth-order valence-corrected chi connectivity index (χ4v) is 10.3. The third-order valence-corrected chi connectivity index (χ3v) is 12.7. The molecular formula is C36H41N3O4Si. The molecule has 1 heterocycles. The second kappa shape index (κ2) is 14.9. The minimum atomic E-state index is -2.98. The van der Waals surface area contributed by atoms with Crippen LogP contribution in [-0.4, -0.2) is 38.6 Å². The number of carbonyl (C=O) groups excluding carboxylic acids is 1. The van der Waals surface area contributed by atoms with Crippen LogP contribution in [-0.2, 0) is 22.0 Å². The Bertz CT molecular complexity index is 1500. The minimum Gasteiger partial charge on any atom is -0.461 e. The number of aromatic nitrogens is 1. The van der Waals surface area contributed by atoms with Crippen LogP contribution in [0.3, 0.4) is 0 Å². The quantitative estimate of drug-likeness (QED) is 0.108. The number of nitrogens with one attached hydrogen (secondary N) is 1. The first kappa shape index (κ1) is 32.6. The molecule has 4 aromatic rings. The van der Waals surface area contributed by atoms with Gasteiger partial charge < -0.3 is 13.7 Å². The van der Waals surface area contributed by atoms with Crippen molar-refractivity contribution in [3.8, 4) is 6.07 Å². The summed E-state index contributed by atoms with van der Waals surface area (Å²) in [5.41, 5.74) is 1.60. The molecule has 7 nitrogen and oxygen atoms in total. The number of ether oxygens (including phenoxy) is 1. The SMILES string of the molecule is C=CCN[C@H](C#N)Cc1c(C(=O)OCC)noc1C[C@H](O[Si](c1ccccc1)(c1ccccc1)C(C)(C)C)c1ccccc1. The minimum absolute atomic E-state index is 0.0831. The van der Waals surface area contributed by atoms with Gasteiger partial charge in [-0.15, -0.1) is 6.58 Å². The van der Waals surface area contributed by atoms with Crippen LogP contribution in [0.2, 0.25) is 5.04 Å². The molecule has 0 bridgehead atoms. The van der Waals surface area contributed by atoms with Gasteiger partial charge in [0.1, 0.15) is 5.76 Å². The van der Waals surface area contributed by atoms with Crippen molar-refractivity contribution in [2.75, 3.05) is 13.2 Å². The van der Waals surface area contributed by atoms with Gasteiger partial charge in [0.15, 0.2) is 5.69 Å². The molecule has 44 heavy (non-hydrogen) atoms. The van der Waals surface area contributed by atoms with Gasteiger partial charge in [-0.3, -0.25) is 5.32 Å². The van der Waals surface area contributed by atoms with Crippen LogP contribution < -0.4 is 15.7 Å². The molecular weight excluding hydrogens is 566 g/mol. The summed E-state index contributed by atoms with van der Waals surface area (Å²) < 4.78 is 18.8. The van der Waals surface area contributed by atoms with Crippen LogP contribution in [0, 0.1) is 11.3 Å². The summed E-state index contributed by atoms with van der Waals surface area (Å²) in [4.78, 5) is 13.0. The first-order chi connectivity index (χ1) is 21.2. The molecule has 3 aromatic carbocycles. The van der Waals surface area contributed by atoms with Gasteiger partial charge in [0, 0.05) is 24.9 Å². The lowest BCUT2D eigenvalue weighted by Crippen LogP contribution is -2.67. The van der Waals surface area contributed by atoms with Crippen LogP contribution in [0.5, 0.6) is 0 Å². The van der Waals surface area contributed by atoms with E-state index in [1.54, 1.807) is 13.0 Å². The fourth-order valence-electron chi connectivity index (χ4n) is 5.64. The highest BCUT2D eigenvalue weighted by molar-refractivity contribution is 6.99. The number of hydrogen-bond donors (Lipinski definition) is 1. The fraction of sp³-hybridized carbons (Fsp3) is 0.306.